The first-order valence-electron chi connectivity index (χ1n) is 14.6. The number of carbonyl (C=O) groups is 6. The number of phenolic OH excluding ortho intramolecular Hbond substituents is 1. The molecular formula is C30H41N9O8. The van der Waals surface area contributed by atoms with Crippen molar-refractivity contribution in [3.8, 4) is 5.75 Å². The average Bonchev–Trinajstić information content (AvgIpc) is 3.04. The largest absolute Gasteiger partial charge is 0.508 e. The molecule has 47 heavy (non-hydrogen) atoms. The summed E-state index contributed by atoms with van der Waals surface area (Å²) in [6.07, 6.45) is 0.230. The van der Waals surface area contributed by atoms with Crippen LogP contribution in [-0.2, 0) is 41.6 Å². The summed E-state index contributed by atoms with van der Waals surface area (Å²) in [4.78, 5) is 78.8. The summed E-state index contributed by atoms with van der Waals surface area (Å²) < 4.78 is 0. The number of nitrogens with two attached hydrogens (primary N) is 3. The lowest BCUT2D eigenvalue weighted by atomic mass is 10.0. The van der Waals surface area contributed by atoms with E-state index in [2.05, 4.69) is 31.6 Å². The summed E-state index contributed by atoms with van der Waals surface area (Å²) in [6.45, 7) is -1.20. The molecule has 0 aromatic heterocycles. The Labute approximate surface area is 270 Å². The van der Waals surface area contributed by atoms with E-state index in [-0.39, 0.29) is 50.5 Å². The predicted octanol–water partition coefficient (Wildman–Crippen LogP) is -3.04. The van der Waals surface area contributed by atoms with Crippen LogP contribution < -0.4 is 43.8 Å². The molecular weight excluding hydrogens is 614 g/mol. The highest BCUT2D eigenvalue weighted by atomic mass is 16.4. The van der Waals surface area contributed by atoms with Crippen LogP contribution in [-0.4, -0.2) is 96.0 Å². The van der Waals surface area contributed by atoms with Gasteiger partial charge in [-0.3, -0.25) is 29.0 Å². The molecule has 0 aliphatic rings. The number of nitrogens with zero attached hydrogens (tertiary/aromatic N) is 1. The van der Waals surface area contributed by atoms with Crippen LogP contribution in [0.25, 0.3) is 0 Å². The standard InChI is InChI=1S/C30H41N9O8/c31-15-24(41)35-16-25(42)38-22(13-18-5-2-1-3-6-18)27(44)36-17-26(43)37-21(7-4-12-34-30(32)33)28(45)39-23(29(46)47)14-19-8-10-20(40)11-9-19/h1-3,5-6,8-11,21-23,40H,4,7,12-17,31H2,(H,35,41)(H,36,44)(H,37,43)(H,38,42)(H,39,45)(H,46,47)(H4,32,33,34)/t21-,22-,23-/m0/s1. The SMILES string of the molecule is NCC(=O)NCC(=O)N[C@@H](Cc1ccccc1)C(=O)NCC(=O)N[C@@H](CCCN=C(N)N)C(=O)N[C@@H](Cc1ccc(O)cc1)C(=O)O. The van der Waals surface area contributed by atoms with E-state index in [0.29, 0.717) is 11.1 Å². The van der Waals surface area contributed by atoms with Gasteiger partial charge >= 0.3 is 5.97 Å². The Hall–Kier alpha value is -5.71. The monoisotopic (exact) mass is 655 g/mol. The van der Waals surface area contributed by atoms with E-state index in [1.54, 1.807) is 30.3 Å². The third-order valence-corrected chi connectivity index (χ3v) is 6.58. The molecule has 0 fully saturated rings. The average molecular weight is 656 g/mol. The molecule has 0 spiro atoms. The van der Waals surface area contributed by atoms with Crippen LogP contribution in [0.15, 0.2) is 59.6 Å². The molecule has 0 saturated carbocycles. The van der Waals surface area contributed by atoms with Crippen molar-refractivity contribution in [3.05, 3.63) is 65.7 Å². The number of aliphatic imine (C=N–C) groups is 1. The van der Waals surface area contributed by atoms with Crippen molar-refractivity contribution in [3.63, 3.8) is 0 Å². The molecule has 0 bridgehead atoms. The second kappa shape index (κ2) is 19.6. The second-order valence-electron chi connectivity index (χ2n) is 10.3. The van der Waals surface area contributed by atoms with E-state index >= 15 is 0 Å². The molecule has 13 N–H and O–H groups in total. The van der Waals surface area contributed by atoms with E-state index in [0.717, 1.165) is 0 Å². The molecule has 2 rings (SSSR count). The van der Waals surface area contributed by atoms with Crippen molar-refractivity contribution >= 4 is 41.5 Å². The number of hydrogen-bond donors (Lipinski definition) is 10. The lowest BCUT2D eigenvalue weighted by molar-refractivity contribution is -0.142. The molecule has 2 aromatic rings. The minimum Gasteiger partial charge on any atom is -0.508 e. The molecule has 0 aliphatic heterocycles. The third kappa shape index (κ3) is 14.7. The van der Waals surface area contributed by atoms with Crippen LogP contribution >= 0.6 is 0 Å². The number of amides is 5. The number of carboxylic acids is 1. The Morgan fingerprint density at radius 1 is 0.702 bits per heavy atom. The van der Waals surface area contributed by atoms with Gasteiger partial charge in [0.15, 0.2) is 5.96 Å². The van der Waals surface area contributed by atoms with Crippen molar-refractivity contribution in [2.45, 2.75) is 43.8 Å². The number of nitrogens with one attached hydrogen (secondary N) is 5. The zero-order valence-corrected chi connectivity index (χ0v) is 25.6. The van der Waals surface area contributed by atoms with Crippen LogP contribution in [0.3, 0.4) is 0 Å². The quantitative estimate of drug-likeness (QED) is 0.0412. The Bertz CT molecular complexity index is 1400. The highest BCUT2D eigenvalue weighted by molar-refractivity contribution is 5.94. The summed E-state index contributed by atoms with van der Waals surface area (Å²) in [5.41, 5.74) is 17.2. The first-order valence-corrected chi connectivity index (χ1v) is 14.6. The zero-order valence-electron chi connectivity index (χ0n) is 25.6. The lowest BCUT2D eigenvalue weighted by Gasteiger charge is -2.22. The Balaban J connectivity index is 2.09. The number of carboxylic acid groups (broad SMARTS) is 1. The Kier molecular flexibility index (Phi) is 15.7. The van der Waals surface area contributed by atoms with Gasteiger partial charge in [-0.25, -0.2) is 4.79 Å². The summed E-state index contributed by atoms with van der Waals surface area (Å²) in [5.74, 6) is -5.01. The van der Waals surface area contributed by atoms with E-state index in [1.165, 1.54) is 24.3 Å². The number of rotatable bonds is 19. The summed E-state index contributed by atoms with van der Waals surface area (Å²) in [5, 5.41) is 31.4. The normalized spacial score (nSPS) is 12.4. The number of carbonyl (C=O) groups excluding carboxylic acids is 5. The third-order valence-electron chi connectivity index (χ3n) is 6.58. The van der Waals surface area contributed by atoms with E-state index in [9.17, 15) is 39.0 Å². The van der Waals surface area contributed by atoms with Gasteiger partial charge in [0, 0.05) is 19.4 Å². The molecule has 5 amide bonds. The fourth-order valence-corrected chi connectivity index (χ4v) is 4.20. The number of hydrogen-bond acceptors (Lipinski definition) is 9. The van der Waals surface area contributed by atoms with E-state index in [1.807, 2.05) is 0 Å². The fraction of sp³-hybridized carbons (Fsp3) is 0.367. The predicted molar refractivity (Wildman–Crippen MR) is 170 cm³/mol. The van der Waals surface area contributed by atoms with Crippen LogP contribution in [0.2, 0.25) is 0 Å². The number of aliphatic carboxylic acids is 1. The highest BCUT2D eigenvalue weighted by Gasteiger charge is 2.27. The summed E-state index contributed by atoms with van der Waals surface area (Å²) >= 11 is 0. The van der Waals surface area contributed by atoms with Gasteiger partial charge in [0.05, 0.1) is 19.6 Å². The van der Waals surface area contributed by atoms with E-state index < -0.39 is 66.7 Å². The lowest BCUT2D eigenvalue weighted by Crippen LogP contribution is -2.55. The molecule has 0 heterocycles. The molecule has 17 heteroatoms. The van der Waals surface area contributed by atoms with Crippen molar-refractivity contribution in [2.24, 2.45) is 22.2 Å². The minimum absolute atomic E-state index is 0.00919. The van der Waals surface area contributed by atoms with Crippen LogP contribution in [0, 0.1) is 0 Å². The van der Waals surface area contributed by atoms with Crippen LogP contribution in [0.1, 0.15) is 24.0 Å². The van der Waals surface area contributed by atoms with Crippen LogP contribution in [0.4, 0.5) is 0 Å². The molecule has 2 aromatic carbocycles. The van der Waals surface area contributed by atoms with E-state index in [4.69, 9.17) is 17.2 Å². The van der Waals surface area contributed by atoms with Gasteiger partial charge in [0.25, 0.3) is 0 Å². The Morgan fingerprint density at radius 3 is 1.87 bits per heavy atom. The molecule has 0 unspecified atom stereocenters. The first-order chi connectivity index (χ1) is 22.4. The number of benzene rings is 2. The minimum atomic E-state index is -1.36. The molecule has 0 radical (unpaired) electrons. The number of phenols is 1. The first kappa shape index (κ1) is 37.5. The van der Waals surface area contributed by atoms with Gasteiger partial charge in [-0.2, -0.15) is 0 Å². The maximum absolute atomic E-state index is 13.2. The molecule has 254 valence electrons. The van der Waals surface area contributed by atoms with Gasteiger partial charge in [-0.1, -0.05) is 42.5 Å². The van der Waals surface area contributed by atoms with Gasteiger partial charge in [0.2, 0.25) is 29.5 Å². The van der Waals surface area contributed by atoms with Crippen LogP contribution in [0.5, 0.6) is 5.75 Å². The van der Waals surface area contributed by atoms with Gasteiger partial charge < -0.3 is 54.0 Å². The molecule has 0 saturated heterocycles. The molecule has 17 nitrogen and oxygen atoms in total. The zero-order chi connectivity index (χ0) is 34.8. The second-order valence-corrected chi connectivity index (χ2v) is 10.3. The van der Waals surface area contributed by atoms with Gasteiger partial charge in [0.1, 0.15) is 23.9 Å². The van der Waals surface area contributed by atoms with Crippen molar-refractivity contribution in [1.29, 1.82) is 0 Å². The van der Waals surface area contributed by atoms with Crippen molar-refractivity contribution in [2.75, 3.05) is 26.2 Å². The number of aromatic hydroxyl groups is 1. The fourth-order valence-electron chi connectivity index (χ4n) is 4.20. The summed E-state index contributed by atoms with van der Waals surface area (Å²) in [6, 6.07) is 10.8. The number of guanidine groups is 1. The highest BCUT2D eigenvalue weighted by Crippen LogP contribution is 2.12. The van der Waals surface area contributed by atoms with Gasteiger partial charge in [-0.05, 0) is 36.1 Å². The van der Waals surface area contributed by atoms with Gasteiger partial charge in [-0.15, -0.1) is 0 Å². The van der Waals surface area contributed by atoms with Crippen molar-refractivity contribution < 1.29 is 39.0 Å². The maximum Gasteiger partial charge on any atom is 0.326 e. The Morgan fingerprint density at radius 2 is 1.28 bits per heavy atom. The summed E-state index contributed by atoms with van der Waals surface area (Å²) in [7, 11) is 0. The van der Waals surface area contributed by atoms with Crippen molar-refractivity contribution in [1.82, 2.24) is 26.6 Å². The molecule has 0 aliphatic carbocycles. The molecule has 3 atom stereocenters. The maximum atomic E-state index is 13.2. The topological polar surface area (TPSA) is 293 Å². The smallest absolute Gasteiger partial charge is 0.326 e.